The minimum Gasteiger partial charge on any atom is -0.490 e. The number of carbonyl (C=O) groups excluding carboxylic acids is 1. The molecule has 2 N–H and O–H groups in total. The first-order valence-electron chi connectivity index (χ1n) is 9.46. The third-order valence-corrected chi connectivity index (χ3v) is 4.27. The van der Waals surface area contributed by atoms with Crippen molar-refractivity contribution in [2.75, 3.05) is 11.9 Å². The number of hydrogen-bond donors (Lipinski definition) is 2. The van der Waals surface area contributed by atoms with Gasteiger partial charge in [0.05, 0.1) is 18.0 Å². The molecule has 0 radical (unpaired) electrons. The molecule has 7 nitrogen and oxygen atoms in total. The predicted molar refractivity (Wildman–Crippen MR) is 113 cm³/mol. The molecule has 0 saturated carbocycles. The Morgan fingerprint density at radius 3 is 2.68 bits per heavy atom. The van der Waals surface area contributed by atoms with E-state index in [1.54, 1.807) is 44.3 Å². The molecular formula is C22H21F2N3O4. The summed E-state index contributed by atoms with van der Waals surface area (Å²) in [5.41, 5.74) is 1.92. The van der Waals surface area contributed by atoms with Crippen LogP contribution in [0.25, 0.3) is 11.8 Å². The third kappa shape index (κ3) is 5.39. The maximum atomic E-state index is 12.5. The zero-order valence-electron chi connectivity index (χ0n) is 16.9. The number of carbonyl (C=O) groups is 1. The van der Waals surface area contributed by atoms with Gasteiger partial charge in [0.1, 0.15) is 0 Å². The molecule has 0 aliphatic carbocycles. The molecule has 0 fully saturated rings. The summed E-state index contributed by atoms with van der Waals surface area (Å²) in [6.07, 6.45) is 4.39. The molecule has 0 unspecified atom stereocenters. The number of nitrogens with one attached hydrogen (secondary N) is 2. The van der Waals surface area contributed by atoms with Crippen LogP contribution in [0.1, 0.15) is 18.2 Å². The Morgan fingerprint density at radius 2 is 2.00 bits per heavy atom. The molecule has 0 aliphatic rings. The summed E-state index contributed by atoms with van der Waals surface area (Å²) >= 11 is 0. The molecule has 162 valence electrons. The Bertz CT molecular complexity index is 1150. The second-order valence-electron chi connectivity index (χ2n) is 6.43. The zero-order valence-corrected chi connectivity index (χ0v) is 16.9. The summed E-state index contributed by atoms with van der Waals surface area (Å²) in [7, 11) is 0. The van der Waals surface area contributed by atoms with E-state index in [9.17, 15) is 18.4 Å². The number of nitrogens with zero attached hydrogens (tertiary/aromatic N) is 1. The standard InChI is InChI=1S/C22H21F2N3O4/c1-3-30-19-12-15(8-10-18(19)31-21(23)24)9-11-20(28)26-16-6-4-5-7-17(16)27-14(2)13-25-22(27)29/h4-13,21H,3H2,1-2H3,(H,25,29)(H,26,28)/b11-9-. The van der Waals surface area contributed by atoms with Gasteiger partial charge in [-0.1, -0.05) is 18.2 Å². The Hall–Kier alpha value is -3.88. The van der Waals surface area contributed by atoms with Crippen molar-refractivity contribution in [2.24, 2.45) is 0 Å². The van der Waals surface area contributed by atoms with Gasteiger partial charge in [0.2, 0.25) is 5.91 Å². The van der Waals surface area contributed by atoms with Crippen LogP contribution in [0, 0.1) is 6.92 Å². The SMILES string of the molecule is CCOc1cc(/C=C\C(=O)Nc2ccccc2-n2c(C)c[nH]c2=O)ccc1OC(F)F. The molecule has 0 atom stereocenters. The Kier molecular flexibility index (Phi) is 6.86. The smallest absolute Gasteiger partial charge is 0.387 e. The number of alkyl halides is 2. The number of aryl methyl sites for hydroxylation is 1. The van der Waals surface area contributed by atoms with Crippen molar-refractivity contribution in [3.05, 3.63) is 76.5 Å². The van der Waals surface area contributed by atoms with E-state index in [-0.39, 0.29) is 23.8 Å². The van der Waals surface area contributed by atoms with Gasteiger partial charge < -0.3 is 19.8 Å². The summed E-state index contributed by atoms with van der Waals surface area (Å²) in [4.78, 5) is 27.1. The van der Waals surface area contributed by atoms with Crippen LogP contribution >= 0.6 is 0 Å². The summed E-state index contributed by atoms with van der Waals surface area (Å²) in [6, 6.07) is 11.3. The molecule has 1 heterocycles. The third-order valence-electron chi connectivity index (χ3n) is 4.27. The lowest BCUT2D eigenvalue weighted by atomic mass is 10.2. The molecule has 31 heavy (non-hydrogen) atoms. The number of aromatic amines is 1. The van der Waals surface area contributed by atoms with Crippen LogP contribution < -0.4 is 20.5 Å². The van der Waals surface area contributed by atoms with Gasteiger partial charge in [-0.3, -0.25) is 9.36 Å². The minimum absolute atomic E-state index is 0.0836. The van der Waals surface area contributed by atoms with Crippen LogP contribution in [0.4, 0.5) is 14.5 Å². The monoisotopic (exact) mass is 429 g/mol. The van der Waals surface area contributed by atoms with Gasteiger partial charge in [-0.25, -0.2) is 4.79 Å². The second kappa shape index (κ2) is 9.75. The van der Waals surface area contributed by atoms with E-state index in [2.05, 4.69) is 15.0 Å². The van der Waals surface area contributed by atoms with E-state index in [1.807, 2.05) is 0 Å². The molecule has 0 spiro atoms. The van der Waals surface area contributed by atoms with Crippen LogP contribution in [0.2, 0.25) is 0 Å². The number of rotatable bonds is 8. The predicted octanol–water partition coefficient (Wildman–Crippen LogP) is 4.13. The highest BCUT2D eigenvalue weighted by molar-refractivity contribution is 6.03. The number of aromatic nitrogens is 2. The first-order chi connectivity index (χ1) is 14.9. The quantitative estimate of drug-likeness (QED) is 0.528. The number of imidazole rings is 1. The lowest BCUT2D eigenvalue weighted by Crippen LogP contribution is -2.18. The van der Waals surface area contributed by atoms with E-state index in [0.717, 1.165) is 0 Å². The minimum atomic E-state index is -2.97. The van der Waals surface area contributed by atoms with E-state index >= 15 is 0 Å². The molecular weight excluding hydrogens is 408 g/mol. The number of H-pyrrole nitrogens is 1. The molecule has 0 aliphatic heterocycles. The van der Waals surface area contributed by atoms with Gasteiger partial charge in [0.25, 0.3) is 0 Å². The lowest BCUT2D eigenvalue weighted by Gasteiger charge is -2.12. The number of para-hydroxylation sites is 2. The highest BCUT2D eigenvalue weighted by Crippen LogP contribution is 2.30. The number of halogens is 2. The van der Waals surface area contributed by atoms with E-state index in [1.165, 1.54) is 34.9 Å². The second-order valence-corrected chi connectivity index (χ2v) is 6.43. The largest absolute Gasteiger partial charge is 0.490 e. The van der Waals surface area contributed by atoms with Gasteiger partial charge in [-0.05, 0) is 49.8 Å². The number of ether oxygens (including phenoxy) is 2. The van der Waals surface area contributed by atoms with Crippen molar-refractivity contribution in [3.63, 3.8) is 0 Å². The first kappa shape index (κ1) is 21.8. The highest BCUT2D eigenvalue weighted by Gasteiger charge is 2.12. The molecule has 2 aromatic carbocycles. The van der Waals surface area contributed by atoms with Crippen molar-refractivity contribution >= 4 is 17.7 Å². The Balaban J connectivity index is 1.79. The Labute approximate surface area is 176 Å². The van der Waals surface area contributed by atoms with Crippen LogP contribution in [0.3, 0.4) is 0 Å². The van der Waals surface area contributed by atoms with Crippen LogP contribution in [0.5, 0.6) is 11.5 Å². The normalized spacial score (nSPS) is 11.1. The summed E-state index contributed by atoms with van der Waals surface area (Å²) in [5, 5.41) is 2.75. The first-order valence-corrected chi connectivity index (χ1v) is 9.46. The Morgan fingerprint density at radius 1 is 1.23 bits per heavy atom. The summed E-state index contributed by atoms with van der Waals surface area (Å²) in [6.45, 7) is 0.787. The maximum Gasteiger partial charge on any atom is 0.387 e. The van der Waals surface area contributed by atoms with E-state index in [4.69, 9.17) is 4.74 Å². The van der Waals surface area contributed by atoms with Crippen LogP contribution in [-0.2, 0) is 4.79 Å². The fraction of sp³-hybridized carbons (Fsp3) is 0.182. The number of amides is 1. The fourth-order valence-electron chi connectivity index (χ4n) is 2.97. The maximum absolute atomic E-state index is 12.5. The molecule has 1 aromatic heterocycles. The molecule has 3 aromatic rings. The van der Waals surface area contributed by atoms with Gasteiger partial charge in [-0.15, -0.1) is 0 Å². The topological polar surface area (TPSA) is 85.4 Å². The fourth-order valence-corrected chi connectivity index (χ4v) is 2.97. The van der Waals surface area contributed by atoms with E-state index in [0.29, 0.717) is 22.6 Å². The number of hydrogen-bond acceptors (Lipinski definition) is 4. The molecule has 3 rings (SSSR count). The average Bonchev–Trinajstić information content (AvgIpc) is 3.06. The van der Waals surface area contributed by atoms with Crippen molar-refractivity contribution in [1.29, 1.82) is 0 Å². The van der Waals surface area contributed by atoms with Gasteiger partial charge in [0.15, 0.2) is 11.5 Å². The molecule has 0 saturated heterocycles. The highest BCUT2D eigenvalue weighted by atomic mass is 19.3. The van der Waals surface area contributed by atoms with Crippen molar-refractivity contribution in [2.45, 2.75) is 20.5 Å². The lowest BCUT2D eigenvalue weighted by molar-refractivity contribution is -0.111. The number of anilines is 1. The van der Waals surface area contributed by atoms with Crippen LogP contribution in [0.15, 0.2) is 59.5 Å². The van der Waals surface area contributed by atoms with Crippen molar-refractivity contribution < 1.29 is 23.0 Å². The number of benzene rings is 2. The average molecular weight is 429 g/mol. The van der Waals surface area contributed by atoms with Crippen LogP contribution in [-0.4, -0.2) is 28.7 Å². The summed E-state index contributed by atoms with van der Waals surface area (Å²) in [5.74, 6) is -0.364. The van der Waals surface area contributed by atoms with Gasteiger partial charge in [0, 0.05) is 18.0 Å². The molecule has 1 amide bonds. The zero-order chi connectivity index (χ0) is 22.4. The van der Waals surface area contributed by atoms with Gasteiger partial charge in [-0.2, -0.15) is 8.78 Å². The van der Waals surface area contributed by atoms with E-state index < -0.39 is 12.5 Å². The summed E-state index contributed by atoms with van der Waals surface area (Å²) < 4.78 is 36.3. The molecule has 0 bridgehead atoms. The van der Waals surface area contributed by atoms with Crippen molar-refractivity contribution in [3.8, 4) is 17.2 Å². The van der Waals surface area contributed by atoms with Gasteiger partial charge >= 0.3 is 12.3 Å². The van der Waals surface area contributed by atoms with Crippen molar-refractivity contribution in [1.82, 2.24) is 9.55 Å². The molecule has 9 heteroatoms.